The highest BCUT2D eigenvalue weighted by Crippen LogP contribution is 2.33. The number of nitrogens with zero attached hydrogens (tertiary/aromatic N) is 1. The monoisotopic (exact) mass is 349 g/mol. The fourth-order valence-electron chi connectivity index (χ4n) is 2.20. The number of benzene rings is 1. The Morgan fingerprint density at radius 1 is 1.24 bits per heavy atom. The third-order valence-corrected chi connectivity index (χ3v) is 3.49. The van der Waals surface area contributed by atoms with Crippen LogP contribution >= 0.6 is 0 Å². The summed E-state index contributed by atoms with van der Waals surface area (Å²) in [5.74, 6) is -1.61. The lowest BCUT2D eigenvalue weighted by molar-refractivity contribution is -0.155. The van der Waals surface area contributed by atoms with Gasteiger partial charge in [0.1, 0.15) is 5.75 Å². The van der Waals surface area contributed by atoms with E-state index in [2.05, 4.69) is 10.6 Å². The number of hydrogen-bond donors (Lipinski definition) is 2. The molecule has 1 aliphatic heterocycles. The summed E-state index contributed by atoms with van der Waals surface area (Å²) in [4.78, 5) is 47.9. The number of amides is 3. The first-order chi connectivity index (χ1) is 11.9. The summed E-state index contributed by atoms with van der Waals surface area (Å²) < 4.78 is 10.5. The zero-order valence-corrected chi connectivity index (χ0v) is 13.9. The van der Waals surface area contributed by atoms with Gasteiger partial charge < -0.3 is 25.0 Å². The topological polar surface area (TPSA) is 114 Å². The molecule has 0 radical (unpaired) electrons. The lowest BCUT2D eigenvalue weighted by atomic mass is 10.2. The van der Waals surface area contributed by atoms with Gasteiger partial charge in [-0.2, -0.15) is 0 Å². The Morgan fingerprint density at radius 3 is 2.64 bits per heavy atom. The van der Waals surface area contributed by atoms with Crippen LogP contribution in [0.5, 0.6) is 5.75 Å². The van der Waals surface area contributed by atoms with Crippen molar-refractivity contribution in [3.63, 3.8) is 0 Å². The van der Waals surface area contributed by atoms with Crippen LogP contribution in [-0.2, 0) is 23.9 Å². The van der Waals surface area contributed by atoms with E-state index in [0.29, 0.717) is 11.4 Å². The third-order valence-electron chi connectivity index (χ3n) is 3.49. The van der Waals surface area contributed by atoms with Crippen LogP contribution < -0.4 is 20.3 Å². The number of carbonyl (C=O) groups excluding carboxylic acids is 4. The molecule has 0 saturated heterocycles. The lowest BCUT2D eigenvalue weighted by Crippen LogP contribution is -2.47. The number of anilines is 1. The molecule has 1 atom stereocenters. The number of carbonyl (C=O) groups is 4. The second kappa shape index (κ2) is 8.13. The molecule has 0 fully saturated rings. The number of esters is 1. The van der Waals surface area contributed by atoms with Crippen LogP contribution in [0.4, 0.5) is 5.69 Å². The molecule has 25 heavy (non-hydrogen) atoms. The molecule has 3 amide bonds. The Morgan fingerprint density at radius 2 is 1.96 bits per heavy atom. The first-order valence-electron chi connectivity index (χ1n) is 7.60. The molecular weight excluding hydrogens is 330 g/mol. The van der Waals surface area contributed by atoms with Crippen molar-refractivity contribution in [1.29, 1.82) is 0 Å². The molecule has 1 aromatic carbocycles. The van der Waals surface area contributed by atoms with E-state index in [1.807, 2.05) is 0 Å². The molecule has 1 aliphatic rings. The van der Waals surface area contributed by atoms with E-state index >= 15 is 0 Å². The number of ether oxygens (including phenoxy) is 2. The van der Waals surface area contributed by atoms with E-state index in [9.17, 15) is 19.2 Å². The molecule has 1 heterocycles. The zero-order chi connectivity index (χ0) is 18.4. The van der Waals surface area contributed by atoms with Crippen LogP contribution in [-0.4, -0.2) is 56.5 Å². The molecule has 0 aromatic heterocycles. The normalized spacial score (nSPS) is 15.4. The van der Waals surface area contributed by atoms with Gasteiger partial charge in [0.2, 0.25) is 17.9 Å². The van der Waals surface area contributed by atoms with Crippen molar-refractivity contribution >= 4 is 29.4 Å². The maximum absolute atomic E-state index is 12.1. The van der Waals surface area contributed by atoms with Gasteiger partial charge in [0.25, 0.3) is 5.91 Å². The van der Waals surface area contributed by atoms with Crippen molar-refractivity contribution in [2.24, 2.45) is 0 Å². The molecule has 9 heteroatoms. The summed E-state index contributed by atoms with van der Waals surface area (Å²) in [6.07, 6.45) is -1.04. The highest BCUT2D eigenvalue weighted by molar-refractivity contribution is 5.95. The molecule has 2 rings (SSSR count). The number of hydrogen-bond acceptors (Lipinski definition) is 6. The summed E-state index contributed by atoms with van der Waals surface area (Å²) in [5.41, 5.74) is 0.572. The summed E-state index contributed by atoms with van der Waals surface area (Å²) in [6, 6.07) is 6.83. The van der Waals surface area contributed by atoms with Crippen molar-refractivity contribution in [1.82, 2.24) is 10.6 Å². The van der Waals surface area contributed by atoms with E-state index < -0.39 is 24.6 Å². The van der Waals surface area contributed by atoms with E-state index in [4.69, 9.17) is 9.47 Å². The Kier molecular flexibility index (Phi) is 5.93. The Balaban J connectivity index is 1.93. The summed E-state index contributed by atoms with van der Waals surface area (Å²) in [7, 11) is 1.44. The molecular formula is C16H19N3O6. The van der Waals surface area contributed by atoms with Gasteiger partial charge in [-0.25, -0.2) is 4.79 Å². The van der Waals surface area contributed by atoms with E-state index in [0.717, 1.165) is 0 Å². The average Bonchev–Trinajstić information content (AvgIpc) is 2.62. The van der Waals surface area contributed by atoms with Crippen molar-refractivity contribution in [3.05, 3.63) is 24.3 Å². The predicted octanol–water partition coefficient (Wildman–Crippen LogP) is -0.794. The smallest absolute Gasteiger partial charge is 0.349 e. The van der Waals surface area contributed by atoms with Crippen LogP contribution in [0.25, 0.3) is 0 Å². The van der Waals surface area contributed by atoms with Crippen LogP contribution in [0.15, 0.2) is 24.3 Å². The molecule has 0 bridgehead atoms. The van der Waals surface area contributed by atoms with Crippen LogP contribution in [0.3, 0.4) is 0 Å². The minimum absolute atomic E-state index is 0.00889. The van der Waals surface area contributed by atoms with Crippen LogP contribution in [0.1, 0.15) is 6.92 Å². The second-order valence-corrected chi connectivity index (χ2v) is 5.26. The lowest BCUT2D eigenvalue weighted by Gasteiger charge is -2.33. The fraction of sp³-hybridized carbons (Fsp3) is 0.375. The number of likely N-dealkylation sites (N-methyl/N-ethyl adjacent to an activating group) is 1. The largest absolute Gasteiger partial charge is 0.475 e. The Hall–Kier alpha value is -3.10. The second-order valence-electron chi connectivity index (χ2n) is 5.26. The number of fused-ring (bicyclic) bond motifs is 1. The molecule has 2 N–H and O–H groups in total. The van der Waals surface area contributed by atoms with Gasteiger partial charge in [0.15, 0.2) is 6.61 Å². The van der Waals surface area contributed by atoms with Crippen LogP contribution in [0, 0.1) is 0 Å². The zero-order valence-electron chi connectivity index (χ0n) is 13.9. The summed E-state index contributed by atoms with van der Waals surface area (Å²) in [5, 5.41) is 4.64. The van der Waals surface area contributed by atoms with Crippen molar-refractivity contribution < 1.29 is 28.7 Å². The Labute approximate surface area is 144 Å². The minimum Gasteiger partial charge on any atom is -0.475 e. The molecule has 1 aromatic rings. The van der Waals surface area contributed by atoms with Crippen molar-refractivity contribution in [2.45, 2.75) is 13.0 Å². The quantitative estimate of drug-likeness (QED) is 0.673. The van der Waals surface area contributed by atoms with Gasteiger partial charge in [-0.3, -0.25) is 14.4 Å². The molecule has 134 valence electrons. The van der Waals surface area contributed by atoms with Crippen molar-refractivity contribution in [3.8, 4) is 5.75 Å². The first kappa shape index (κ1) is 18.2. The fourth-order valence-corrected chi connectivity index (χ4v) is 2.20. The molecule has 0 unspecified atom stereocenters. The number of para-hydroxylation sites is 2. The number of nitrogens with one attached hydrogen (secondary N) is 2. The van der Waals surface area contributed by atoms with Crippen molar-refractivity contribution in [2.75, 3.05) is 31.6 Å². The molecule has 0 aliphatic carbocycles. The first-order valence-corrected chi connectivity index (χ1v) is 7.60. The molecule has 0 spiro atoms. The van der Waals surface area contributed by atoms with Crippen LogP contribution in [0.2, 0.25) is 0 Å². The Bertz CT molecular complexity index is 690. The molecule has 0 saturated carbocycles. The summed E-state index contributed by atoms with van der Waals surface area (Å²) >= 11 is 0. The van der Waals surface area contributed by atoms with Gasteiger partial charge in [0, 0.05) is 14.0 Å². The average molecular weight is 349 g/mol. The summed E-state index contributed by atoms with van der Waals surface area (Å²) in [6.45, 7) is 0.622. The van der Waals surface area contributed by atoms with E-state index in [1.54, 1.807) is 24.3 Å². The predicted molar refractivity (Wildman–Crippen MR) is 86.9 cm³/mol. The molecule has 9 nitrogen and oxygen atoms in total. The van der Waals surface area contributed by atoms with Gasteiger partial charge in [0.05, 0.1) is 18.8 Å². The maximum Gasteiger partial charge on any atom is 0.349 e. The SMILES string of the molecule is CNC(=O)CNC(=O)COC(=O)[C@H]1CN(C(C)=O)c2ccccc2O1. The van der Waals surface area contributed by atoms with Gasteiger partial charge in [-0.1, -0.05) is 12.1 Å². The van der Waals surface area contributed by atoms with E-state index in [1.165, 1.54) is 18.9 Å². The highest BCUT2D eigenvalue weighted by Gasteiger charge is 2.33. The standard InChI is InChI=1S/C16H19N3O6/c1-10(20)19-8-13(25-12-6-4-3-5-11(12)19)16(23)24-9-15(22)18-7-14(21)17-2/h3-6,13H,7-9H2,1-2H3,(H,17,21)(H,18,22)/t13-/m1/s1. The third kappa shape index (κ3) is 4.69. The number of rotatable bonds is 5. The minimum atomic E-state index is -1.04. The van der Waals surface area contributed by atoms with Gasteiger partial charge in [-0.05, 0) is 12.1 Å². The highest BCUT2D eigenvalue weighted by atomic mass is 16.6. The van der Waals surface area contributed by atoms with Gasteiger partial charge >= 0.3 is 5.97 Å². The van der Waals surface area contributed by atoms with E-state index in [-0.39, 0.29) is 24.9 Å². The maximum atomic E-state index is 12.1. The van der Waals surface area contributed by atoms with Gasteiger partial charge in [-0.15, -0.1) is 0 Å².